The fourth-order valence-corrected chi connectivity index (χ4v) is 4.05. The molecule has 0 saturated carbocycles. The molecule has 6 nitrogen and oxygen atoms in total. The van der Waals surface area contributed by atoms with Crippen LogP contribution in [-0.2, 0) is 20.0 Å². The van der Waals surface area contributed by atoms with Crippen LogP contribution in [0.2, 0.25) is 0 Å². The van der Waals surface area contributed by atoms with Gasteiger partial charge in [0.1, 0.15) is 11.4 Å². The molecule has 0 N–H and O–H groups in total. The molecule has 3 aromatic rings. The lowest BCUT2D eigenvalue weighted by Gasteiger charge is -2.30. The highest BCUT2D eigenvalue weighted by atomic mass is 32.1. The first-order valence-corrected chi connectivity index (χ1v) is 9.92. The molecular formula is C20H16F3N3O3S. The molecule has 1 aliphatic rings. The Kier molecular flexibility index (Phi) is 5.10. The van der Waals surface area contributed by atoms with E-state index < -0.39 is 6.36 Å². The summed E-state index contributed by atoms with van der Waals surface area (Å²) in [4.78, 5) is 31.2. The Balaban J connectivity index is 1.65. The number of aromatic nitrogens is 2. The molecule has 0 fully saturated rings. The van der Waals surface area contributed by atoms with Crippen molar-refractivity contribution in [2.24, 2.45) is 7.05 Å². The maximum Gasteiger partial charge on any atom is 0.573 e. The van der Waals surface area contributed by atoms with Gasteiger partial charge < -0.3 is 14.2 Å². The minimum atomic E-state index is -4.78. The van der Waals surface area contributed by atoms with Gasteiger partial charge in [-0.2, -0.15) is 0 Å². The zero-order chi connectivity index (χ0) is 21.5. The summed E-state index contributed by atoms with van der Waals surface area (Å²) < 4.78 is 42.5. The van der Waals surface area contributed by atoms with Crippen LogP contribution in [0, 0.1) is 0 Å². The number of alkyl halides is 3. The third kappa shape index (κ3) is 3.95. The maximum absolute atomic E-state index is 12.8. The number of fused-ring (bicyclic) bond motifs is 1. The molecule has 0 aliphatic carbocycles. The molecule has 156 valence electrons. The first-order valence-electron chi connectivity index (χ1n) is 8.98. The topological polar surface area (TPSA) is 64.4 Å². The molecule has 3 heterocycles. The second-order valence-corrected chi connectivity index (χ2v) is 7.54. The first-order chi connectivity index (χ1) is 14.2. The molecule has 0 atom stereocenters. The molecule has 0 bridgehead atoms. The number of nitrogens with zero attached hydrogens (tertiary/aromatic N) is 3. The molecule has 30 heavy (non-hydrogen) atoms. The number of ether oxygens (including phenoxy) is 1. The fraction of sp³-hybridized carbons (Fsp3) is 0.250. The van der Waals surface area contributed by atoms with Crippen LogP contribution in [0.1, 0.15) is 21.7 Å². The zero-order valence-electron chi connectivity index (χ0n) is 15.8. The summed E-state index contributed by atoms with van der Waals surface area (Å²) in [6.45, 7) is 0.793. The smallest absolute Gasteiger partial charge is 0.406 e. The second kappa shape index (κ2) is 7.60. The van der Waals surface area contributed by atoms with Gasteiger partial charge in [0, 0.05) is 43.2 Å². The Labute approximate surface area is 173 Å². The maximum atomic E-state index is 12.8. The van der Waals surface area contributed by atoms with E-state index in [4.69, 9.17) is 0 Å². The van der Waals surface area contributed by atoms with E-state index in [1.54, 1.807) is 28.9 Å². The molecule has 1 aromatic carbocycles. The normalized spacial score (nSPS) is 13.8. The van der Waals surface area contributed by atoms with Crippen LogP contribution in [0.4, 0.5) is 13.2 Å². The van der Waals surface area contributed by atoms with E-state index in [9.17, 15) is 22.8 Å². The molecule has 0 spiro atoms. The van der Waals surface area contributed by atoms with Crippen LogP contribution < -0.4 is 10.3 Å². The molecule has 1 amide bonds. The van der Waals surface area contributed by atoms with E-state index in [0.29, 0.717) is 36.3 Å². The Morgan fingerprint density at radius 2 is 1.97 bits per heavy atom. The third-order valence-electron chi connectivity index (χ3n) is 4.95. The number of thiazole rings is 1. The monoisotopic (exact) mass is 435 g/mol. The highest BCUT2D eigenvalue weighted by Gasteiger charge is 2.31. The average molecular weight is 435 g/mol. The van der Waals surface area contributed by atoms with Crippen molar-refractivity contribution in [2.45, 2.75) is 19.3 Å². The molecule has 0 radical (unpaired) electrons. The molecule has 2 aromatic heterocycles. The number of hydrogen-bond donors (Lipinski definition) is 0. The van der Waals surface area contributed by atoms with E-state index in [-0.39, 0.29) is 17.2 Å². The van der Waals surface area contributed by atoms with Crippen molar-refractivity contribution in [2.75, 3.05) is 6.54 Å². The van der Waals surface area contributed by atoms with Crippen LogP contribution in [0.5, 0.6) is 5.75 Å². The summed E-state index contributed by atoms with van der Waals surface area (Å²) in [7, 11) is 1.66. The van der Waals surface area contributed by atoms with Gasteiger partial charge >= 0.3 is 6.36 Å². The summed E-state index contributed by atoms with van der Waals surface area (Å²) in [5, 5.41) is 1.69. The number of amides is 1. The Morgan fingerprint density at radius 1 is 1.23 bits per heavy atom. The summed E-state index contributed by atoms with van der Waals surface area (Å²) in [5.41, 5.74) is 4.19. The standard InChI is InChI=1S/C20H16F3N3O3S/c1-25-17-6-7-26(19(28)16-10-30-11-24-16)9-13(17)8-15(18(25)27)12-2-4-14(5-3-12)29-20(21,22)23/h2-5,8,10-11H,6-7,9H2,1H3. The molecule has 0 saturated heterocycles. The lowest BCUT2D eigenvalue weighted by molar-refractivity contribution is -0.274. The highest BCUT2D eigenvalue weighted by Crippen LogP contribution is 2.27. The van der Waals surface area contributed by atoms with Gasteiger partial charge in [-0.15, -0.1) is 24.5 Å². The number of halogens is 3. The summed E-state index contributed by atoms with van der Waals surface area (Å²) >= 11 is 1.34. The number of rotatable bonds is 3. The lowest BCUT2D eigenvalue weighted by Crippen LogP contribution is -2.39. The predicted molar refractivity (Wildman–Crippen MR) is 104 cm³/mol. The van der Waals surface area contributed by atoms with Gasteiger partial charge in [-0.25, -0.2) is 4.98 Å². The van der Waals surface area contributed by atoms with Gasteiger partial charge in [-0.3, -0.25) is 9.59 Å². The minimum absolute atomic E-state index is 0.175. The molecule has 4 rings (SSSR count). The Morgan fingerprint density at radius 3 is 2.60 bits per heavy atom. The van der Waals surface area contributed by atoms with Gasteiger partial charge in [0.2, 0.25) is 0 Å². The van der Waals surface area contributed by atoms with Gasteiger partial charge in [-0.05, 0) is 29.3 Å². The molecule has 0 unspecified atom stereocenters. The SMILES string of the molecule is Cn1c2c(cc(-c3ccc(OC(F)(F)F)cc3)c1=O)CN(C(=O)c1cscn1)CC2. The van der Waals surface area contributed by atoms with Crippen LogP contribution in [0.3, 0.4) is 0 Å². The molecule has 10 heteroatoms. The Hall–Kier alpha value is -3.14. The van der Waals surface area contributed by atoms with Crippen LogP contribution in [0.25, 0.3) is 11.1 Å². The lowest BCUT2D eigenvalue weighted by atomic mass is 9.99. The quantitative estimate of drug-likeness (QED) is 0.631. The summed E-state index contributed by atoms with van der Waals surface area (Å²) in [6.07, 6.45) is -4.26. The van der Waals surface area contributed by atoms with Crippen molar-refractivity contribution in [1.29, 1.82) is 0 Å². The number of pyridine rings is 1. The number of carbonyl (C=O) groups is 1. The molecular weight excluding hydrogens is 419 g/mol. The number of benzene rings is 1. The van der Waals surface area contributed by atoms with Crippen molar-refractivity contribution in [1.82, 2.24) is 14.5 Å². The highest BCUT2D eigenvalue weighted by molar-refractivity contribution is 7.07. The zero-order valence-corrected chi connectivity index (χ0v) is 16.6. The van der Waals surface area contributed by atoms with Gasteiger partial charge in [-0.1, -0.05) is 12.1 Å². The number of carbonyl (C=O) groups excluding carboxylic acids is 1. The van der Waals surface area contributed by atoms with Gasteiger partial charge in [0.25, 0.3) is 11.5 Å². The van der Waals surface area contributed by atoms with Crippen molar-refractivity contribution in [3.63, 3.8) is 0 Å². The molecule has 1 aliphatic heterocycles. The van der Waals surface area contributed by atoms with E-state index in [2.05, 4.69) is 9.72 Å². The first kappa shape index (κ1) is 20.1. The van der Waals surface area contributed by atoms with E-state index in [1.807, 2.05) is 0 Å². The van der Waals surface area contributed by atoms with Gasteiger partial charge in [0.15, 0.2) is 0 Å². The largest absolute Gasteiger partial charge is 0.573 e. The van der Waals surface area contributed by atoms with Crippen LogP contribution in [-0.4, -0.2) is 33.3 Å². The van der Waals surface area contributed by atoms with Crippen LogP contribution in [0.15, 0.2) is 46.0 Å². The van der Waals surface area contributed by atoms with E-state index in [1.165, 1.54) is 40.2 Å². The van der Waals surface area contributed by atoms with Crippen molar-refractivity contribution >= 4 is 17.2 Å². The second-order valence-electron chi connectivity index (χ2n) is 6.82. The van der Waals surface area contributed by atoms with E-state index in [0.717, 1.165) is 11.3 Å². The van der Waals surface area contributed by atoms with Crippen molar-refractivity contribution in [3.8, 4) is 16.9 Å². The van der Waals surface area contributed by atoms with Gasteiger partial charge in [0.05, 0.1) is 5.51 Å². The summed E-state index contributed by atoms with van der Waals surface area (Å²) in [6, 6.07) is 6.85. The van der Waals surface area contributed by atoms with E-state index >= 15 is 0 Å². The minimum Gasteiger partial charge on any atom is -0.406 e. The van der Waals surface area contributed by atoms with Crippen molar-refractivity contribution < 1.29 is 22.7 Å². The average Bonchev–Trinajstić information content (AvgIpc) is 3.24. The number of hydrogen-bond acceptors (Lipinski definition) is 5. The Bertz CT molecular complexity index is 1140. The van der Waals surface area contributed by atoms with Crippen molar-refractivity contribution in [3.05, 3.63) is 68.5 Å². The fourth-order valence-electron chi connectivity index (χ4n) is 3.53. The van der Waals surface area contributed by atoms with Crippen LogP contribution >= 0.6 is 11.3 Å². The summed E-state index contributed by atoms with van der Waals surface area (Å²) in [5.74, 6) is -0.535. The third-order valence-corrected chi connectivity index (χ3v) is 5.53. The predicted octanol–water partition coefficient (Wildman–Crippen LogP) is 3.61.